The number of carbonyl (C=O) groups is 2. The molecule has 0 aromatic heterocycles. The minimum absolute atomic E-state index is 0.0333. The Labute approximate surface area is 150 Å². The number of amides is 3. The molecule has 1 heterocycles. The van der Waals surface area contributed by atoms with Crippen LogP contribution in [0.3, 0.4) is 0 Å². The highest BCUT2D eigenvalue weighted by Gasteiger charge is 2.54. The molecule has 1 saturated heterocycles. The molecule has 0 radical (unpaired) electrons. The first-order valence-corrected chi connectivity index (χ1v) is 9.99. The monoisotopic (exact) mass is 349 g/mol. The van der Waals surface area contributed by atoms with Crippen molar-refractivity contribution in [3.05, 3.63) is 0 Å². The van der Waals surface area contributed by atoms with E-state index in [1.807, 2.05) is 4.90 Å². The van der Waals surface area contributed by atoms with Gasteiger partial charge in [-0.3, -0.25) is 4.79 Å². The quantitative estimate of drug-likeness (QED) is 0.840. The SMILES string of the molecule is COCCN1CCCN(C(=O)NC2CC3CC2C2CCCC32)CC1=O. The van der Waals surface area contributed by atoms with Crippen LogP contribution in [0.25, 0.3) is 0 Å². The van der Waals surface area contributed by atoms with Crippen molar-refractivity contribution in [2.24, 2.45) is 23.7 Å². The number of carbonyl (C=O) groups excluding carboxylic acids is 2. The molecule has 4 aliphatic rings. The van der Waals surface area contributed by atoms with Crippen molar-refractivity contribution in [1.82, 2.24) is 15.1 Å². The maximum absolute atomic E-state index is 12.8. The number of methoxy groups -OCH3 is 1. The lowest BCUT2D eigenvalue weighted by atomic mass is 9.79. The molecule has 6 heteroatoms. The van der Waals surface area contributed by atoms with Gasteiger partial charge in [-0.05, 0) is 55.8 Å². The average molecular weight is 349 g/mol. The third kappa shape index (κ3) is 3.25. The smallest absolute Gasteiger partial charge is 0.318 e. The van der Waals surface area contributed by atoms with Crippen LogP contribution in [0.15, 0.2) is 0 Å². The van der Waals surface area contributed by atoms with Gasteiger partial charge in [-0.2, -0.15) is 0 Å². The fraction of sp³-hybridized carbons (Fsp3) is 0.895. The number of hydrogen-bond acceptors (Lipinski definition) is 3. The zero-order chi connectivity index (χ0) is 17.4. The van der Waals surface area contributed by atoms with Gasteiger partial charge >= 0.3 is 6.03 Å². The van der Waals surface area contributed by atoms with Crippen LogP contribution in [-0.4, -0.2) is 67.7 Å². The first-order chi connectivity index (χ1) is 12.2. The summed E-state index contributed by atoms with van der Waals surface area (Å²) in [5, 5.41) is 3.29. The number of fused-ring (bicyclic) bond motifs is 5. The Morgan fingerprint density at radius 3 is 2.84 bits per heavy atom. The van der Waals surface area contributed by atoms with Crippen LogP contribution < -0.4 is 5.32 Å². The highest BCUT2D eigenvalue weighted by atomic mass is 16.5. The Balaban J connectivity index is 1.32. The van der Waals surface area contributed by atoms with Crippen LogP contribution in [0.2, 0.25) is 0 Å². The maximum Gasteiger partial charge on any atom is 0.318 e. The number of nitrogens with zero attached hydrogens (tertiary/aromatic N) is 2. The largest absolute Gasteiger partial charge is 0.383 e. The zero-order valence-corrected chi connectivity index (χ0v) is 15.3. The molecule has 4 rings (SSSR count). The highest BCUT2D eigenvalue weighted by Crippen LogP contribution is 2.58. The summed E-state index contributed by atoms with van der Waals surface area (Å²) >= 11 is 0. The second kappa shape index (κ2) is 7.14. The Hall–Kier alpha value is -1.30. The van der Waals surface area contributed by atoms with Crippen LogP contribution in [0.5, 0.6) is 0 Å². The van der Waals surface area contributed by atoms with E-state index in [9.17, 15) is 9.59 Å². The molecule has 2 bridgehead atoms. The molecular formula is C19H31N3O3. The summed E-state index contributed by atoms with van der Waals surface area (Å²) in [7, 11) is 1.65. The molecule has 1 N–H and O–H groups in total. The molecule has 5 unspecified atom stereocenters. The van der Waals surface area contributed by atoms with Crippen molar-refractivity contribution < 1.29 is 14.3 Å². The Bertz CT molecular complexity index is 526. The molecule has 0 spiro atoms. The van der Waals surface area contributed by atoms with Gasteiger partial charge in [0, 0.05) is 32.8 Å². The van der Waals surface area contributed by atoms with E-state index in [0.29, 0.717) is 38.2 Å². The summed E-state index contributed by atoms with van der Waals surface area (Å²) in [5.74, 6) is 3.33. The van der Waals surface area contributed by atoms with E-state index in [4.69, 9.17) is 4.74 Å². The molecule has 3 saturated carbocycles. The first-order valence-electron chi connectivity index (χ1n) is 9.99. The highest BCUT2D eigenvalue weighted by molar-refractivity contribution is 5.84. The molecule has 25 heavy (non-hydrogen) atoms. The van der Waals surface area contributed by atoms with Gasteiger partial charge in [-0.25, -0.2) is 4.79 Å². The fourth-order valence-corrected chi connectivity index (χ4v) is 6.01. The van der Waals surface area contributed by atoms with E-state index >= 15 is 0 Å². The Kier molecular flexibility index (Phi) is 4.89. The second-order valence-corrected chi connectivity index (χ2v) is 8.36. The van der Waals surface area contributed by atoms with E-state index in [2.05, 4.69) is 5.32 Å². The van der Waals surface area contributed by atoms with E-state index < -0.39 is 0 Å². The number of ether oxygens (including phenoxy) is 1. The number of hydrogen-bond donors (Lipinski definition) is 1. The van der Waals surface area contributed by atoms with Crippen molar-refractivity contribution in [3.8, 4) is 0 Å². The summed E-state index contributed by atoms with van der Waals surface area (Å²) in [5.41, 5.74) is 0. The van der Waals surface area contributed by atoms with Crippen molar-refractivity contribution >= 4 is 11.9 Å². The number of urea groups is 1. The average Bonchev–Trinajstić information content (AvgIpc) is 3.26. The van der Waals surface area contributed by atoms with E-state index in [0.717, 1.165) is 30.6 Å². The molecule has 4 fully saturated rings. The van der Waals surface area contributed by atoms with Crippen molar-refractivity contribution in [2.75, 3.05) is 39.9 Å². The number of nitrogens with one attached hydrogen (secondary N) is 1. The predicted octanol–water partition coefficient (Wildman–Crippen LogP) is 1.70. The van der Waals surface area contributed by atoms with Gasteiger partial charge in [0.1, 0.15) is 6.54 Å². The summed E-state index contributed by atoms with van der Waals surface area (Å²) in [6, 6.07) is 0.300. The van der Waals surface area contributed by atoms with Gasteiger partial charge in [0.25, 0.3) is 0 Å². The van der Waals surface area contributed by atoms with Crippen LogP contribution >= 0.6 is 0 Å². The van der Waals surface area contributed by atoms with E-state index in [-0.39, 0.29) is 18.5 Å². The Morgan fingerprint density at radius 1 is 1.16 bits per heavy atom. The topological polar surface area (TPSA) is 61.9 Å². The van der Waals surface area contributed by atoms with Crippen molar-refractivity contribution in [1.29, 1.82) is 0 Å². The Morgan fingerprint density at radius 2 is 2.00 bits per heavy atom. The molecule has 3 aliphatic carbocycles. The predicted molar refractivity (Wildman–Crippen MR) is 94.0 cm³/mol. The number of rotatable bonds is 4. The summed E-state index contributed by atoms with van der Waals surface area (Å²) in [6.07, 6.45) is 7.44. The molecule has 140 valence electrons. The van der Waals surface area contributed by atoms with Crippen LogP contribution in [0.4, 0.5) is 4.79 Å². The standard InChI is InChI=1S/C19H31N3O3/c1-25-9-8-21-6-3-7-22(12-18(21)23)19(24)20-17-11-13-10-16(17)15-5-2-4-14(13)15/h13-17H,2-12H2,1H3,(H,20,24). The van der Waals surface area contributed by atoms with Gasteiger partial charge in [0.2, 0.25) is 5.91 Å². The van der Waals surface area contributed by atoms with Gasteiger partial charge in [0.05, 0.1) is 6.61 Å². The lowest BCUT2D eigenvalue weighted by Crippen LogP contribution is -2.50. The van der Waals surface area contributed by atoms with E-state index in [1.165, 1.54) is 25.7 Å². The zero-order valence-electron chi connectivity index (χ0n) is 15.3. The van der Waals surface area contributed by atoms with Crippen LogP contribution in [-0.2, 0) is 9.53 Å². The summed E-state index contributed by atoms with van der Waals surface area (Å²) < 4.78 is 5.07. The van der Waals surface area contributed by atoms with Crippen LogP contribution in [0, 0.1) is 23.7 Å². The summed E-state index contributed by atoms with van der Waals surface area (Å²) in [4.78, 5) is 28.7. The van der Waals surface area contributed by atoms with Gasteiger partial charge in [-0.1, -0.05) is 6.42 Å². The van der Waals surface area contributed by atoms with Crippen molar-refractivity contribution in [2.45, 2.75) is 44.6 Å². The third-order valence-corrected chi connectivity index (χ3v) is 7.13. The van der Waals surface area contributed by atoms with Gasteiger partial charge in [0.15, 0.2) is 0 Å². The third-order valence-electron chi connectivity index (χ3n) is 7.13. The minimum Gasteiger partial charge on any atom is -0.383 e. The summed E-state index contributed by atoms with van der Waals surface area (Å²) in [6.45, 7) is 2.73. The molecule has 0 aromatic carbocycles. The normalized spacial score (nSPS) is 37.3. The molecule has 3 amide bonds. The molecule has 6 nitrogen and oxygen atoms in total. The second-order valence-electron chi connectivity index (χ2n) is 8.36. The minimum atomic E-state index is -0.0333. The lowest BCUT2D eigenvalue weighted by molar-refractivity contribution is -0.131. The molecule has 1 aliphatic heterocycles. The van der Waals surface area contributed by atoms with Gasteiger partial charge < -0.3 is 19.9 Å². The molecular weight excluding hydrogens is 318 g/mol. The van der Waals surface area contributed by atoms with Crippen molar-refractivity contribution in [3.63, 3.8) is 0 Å². The first kappa shape index (κ1) is 17.1. The van der Waals surface area contributed by atoms with Crippen LogP contribution in [0.1, 0.15) is 38.5 Å². The van der Waals surface area contributed by atoms with Gasteiger partial charge in [-0.15, -0.1) is 0 Å². The molecule has 5 atom stereocenters. The maximum atomic E-state index is 12.8. The van der Waals surface area contributed by atoms with E-state index in [1.54, 1.807) is 12.0 Å². The fourth-order valence-electron chi connectivity index (χ4n) is 6.01. The molecule has 0 aromatic rings. The lowest BCUT2D eigenvalue weighted by Gasteiger charge is -2.33.